The lowest BCUT2D eigenvalue weighted by atomic mass is 10.3. The summed E-state index contributed by atoms with van der Waals surface area (Å²) in [5, 5.41) is 17.8. The summed E-state index contributed by atoms with van der Waals surface area (Å²) < 4.78 is 1.25. The van der Waals surface area contributed by atoms with Gasteiger partial charge in [-0.05, 0) is 36.6 Å². The van der Waals surface area contributed by atoms with Gasteiger partial charge in [0.2, 0.25) is 11.1 Å². The Morgan fingerprint density at radius 2 is 2.22 bits per heavy atom. The minimum atomic E-state index is -0.202. The third-order valence-electron chi connectivity index (χ3n) is 3.31. The number of rotatable bonds is 7. The first kappa shape index (κ1) is 19.2. The predicted molar refractivity (Wildman–Crippen MR) is 111 cm³/mol. The highest BCUT2D eigenvalue weighted by Crippen LogP contribution is 2.19. The highest BCUT2D eigenvalue weighted by Gasteiger charge is 2.12. The second-order valence-electron chi connectivity index (χ2n) is 5.31. The van der Waals surface area contributed by atoms with E-state index >= 15 is 0 Å². The summed E-state index contributed by atoms with van der Waals surface area (Å²) >= 11 is 8.65. The number of nitrogens with two attached hydrogens (primary N) is 1. The summed E-state index contributed by atoms with van der Waals surface area (Å²) in [7, 11) is 0. The number of hydrogen-bond donors (Lipinski definition) is 3. The number of amides is 1. The third-order valence-corrected chi connectivity index (χ3v) is 5.46. The topological polar surface area (TPSA) is 110 Å². The molecule has 3 aromatic rings. The Labute approximate surface area is 168 Å². The molecule has 140 valence electrons. The monoisotopic (exact) mass is 421 g/mol. The van der Waals surface area contributed by atoms with Gasteiger partial charge in [-0.3, -0.25) is 4.79 Å². The number of aromatic nitrogens is 3. The fraction of sp³-hybridized carbons (Fsp3) is 0.125. The lowest BCUT2D eigenvalue weighted by Gasteiger charge is -2.05. The quantitative estimate of drug-likeness (QED) is 0.234. The average Bonchev–Trinajstić information content (AvgIpc) is 3.28. The van der Waals surface area contributed by atoms with Gasteiger partial charge in [0.15, 0.2) is 0 Å². The molecule has 0 radical (unpaired) electrons. The Hall–Kier alpha value is -2.56. The zero-order valence-electron chi connectivity index (χ0n) is 14.2. The number of halogens is 1. The molecule has 1 aromatic carbocycles. The molecular weight excluding hydrogens is 406 g/mol. The summed E-state index contributed by atoms with van der Waals surface area (Å²) in [6.45, 7) is 1.88. The van der Waals surface area contributed by atoms with Crippen LogP contribution < -0.4 is 16.6 Å². The fourth-order valence-electron chi connectivity index (χ4n) is 2.02. The third kappa shape index (κ3) is 5.22. The zero-order chi connectivity index (χ0) is 19.2. The minimum absolute atomic E-state index is 0.124. The van der Waals surface area contributed by atoms with Crippen molar-refractivity contribution in [2.45, 2.75) is 12.1 Å². The van der Waals surface area contributed by atoms with Crippen LogP contribution >= 0.6 is 34.7 Å². The highest BCUT2D eigenvalue weighted by atomic mass is 35.5. The standard InChI is InChI=1S/C16H16ClN7OS2/c1-10(13-6-3-7-26-13)20-21-15-22-23-16(24(15)18)27-9-14(25)19-12-5-2-4-11(17)8-12/h2-8H,9,18H2,1H3,(H,19,25)(H,21,22)/b20-10+. The van der Waals surface area contributed by atoms with E-state index in [-0.39, 0.29) is 17.6 Å². The maximum Gasteiger partial charge on any atom is 0.264 e. The molecule has 0 atom stereocenters. The fourth-order valence-corrected chi connectivity index (χ4v) is 3.54. The second kappa shape index (κ2) is 8.89. The maximum atomic E-state index is 12.1. The number of nitrogens with zero attached hydrogens (tertiary/aromatic N) is 4. The van der Waals surface area contributed by atoms with Crippen LogP contribution in [0.3, 0.4) is 0 Å². The van der Waals surface area contributed by atoms with E-state index in [1.807, 2.05) is 24.4 Å². The van der Waals surface area contributed by atoms with E-state index < -0.39 is 0 Å². The van der Waals surface area contributed by atoms with Gasteiger partial charge in [-0.25, -0.2) is 10.1 Å². The molecule has 11 heteroatoms. The molecule has 0 aliphatic carbocycles. The molecule has 8 nitrogen and oxygen atoms in total. The molecule has 27 heavy (non-hydrogen) atoms. The van der Waals surface area contributed by atoms with Crippen LogP contribution in [0.25, 0.3) is 0 Å². The van der Waals surface area contributed by atoms with Crippen molar-refractivity contribution in [2.24, 2.45) is 5.10 Å². The Bertz CT molecular complexity index is 956. The summed E-state index contributed by atoms with van der Waals surface area (Å²) in [6, 6.07) is 10.9. The van der Waals surface area contributed by atoms with Crippen molar-refractivity contribution in [3.05, 3.63) is 51.7 Å². The number of carbonyl (C=O) groups is 1. The molecule has 0 bridgehead atoms. The first-order chi connectivity index (χ1) is 13.0. The minimum Gasteiger partial charge on any atom is -0.334 e. The molecule has 0 saturated heterocycles. The molecule has 4 N–H and O–H groups in total. The van der Waals surface area contributed by atoms with Gasteiger partial charge in [0, 0.05) is 15.6 Å². The van der Waals surface area contributed by atoms with Crippen LogP contribution in [0.15, 0.2) is 52.0 Å². The summed E-state index contributed by atoms with van der Waals surface area (Å²) in [4.78, 5) is 13.1. The molecule has 0 saturated carbocycles. The van der Waals surface area contributed by atoms with E-state index in [4.69, 9.17) is 17.4 Å². The summed E-state index contributed by atoms with van der Waals surface area (Å²) in [6.07, 6.45) is 0. The summed E-state index contributed by atoms with van der Waals surface area (Å²) in [5.74, 6) is 6.16. The van der Waals surface area contributed by atoms with Crippen molar-refractivity contribution in [1.82, 2.24) is 14.9 Å². The lowest BCUT2D eigenvalue weighted by Crippen LogP contribution is -2.17. The van der Waals surface area contributed by atoms with E-state index in [1.165, 1.54) is 4.68 Å². The van der Waals surface area contributed by atoms with E-state index in [0.29, 0.717) is 15.9 Å². The van der Waals surface area contributed by atoms with E-state index in [1.54, 1.807) is 35.6 Å². The second-order valence-corrected chi connectivity index (χ2v) is 7.64. The van der Waals surface area contributed by atoms with Gasteiger partial charge >= 0.3 is 0 Å². The molecule has 0 aliphatic heterocycles. The van der Waals surface area contributed by atoms with Crippen molar-refractivity contribution >= 4 is 58.0 Å². The Morgan fingerprint density at radius 1 is 1.37 bits per heavy atom. The van der Waals surface area contributed by atoms with Crippen LogP contribution in [-0.2, 0) is 4.79 Å². The van der Waals surface area contributed by atoms with Gasteiger partial charge in [-0.1, -0.05) is 35.5 Å². The van der Waals surface area contributed by atoms with Crippen LogP contribution in [0.1, 0.15) is 11.8 Å². The number of anilines is 2. The first-order valence-electron chi connectivity index (χ1n) is 7.76. The van der Waals surface area contributed by atoms with Gasteiger partial charge in [0.25, 0.3) is 5.95 Å². The normalized spacial score (nSPS) is 11.4. The molecule has 3 rings (SSSR count). The number of benzene rings is 1. The first-order valence-corrected chi connectivity index (χ1v) is 10.00. The smallest absolute Gasteiger partial charge is 0.264 e. The van der Waals surface area contributed by atoms with Crippen LogP contribution in [0.5, 0.6) is 0 Å². The van der Waals surface area contributed by atoms with Crippen LogP contribution in [0.4, 0.5) is 11.6 Å². The van der Waals surface area contributed by atoms with E-state index in [2.05, 4.69) is 26.0 Å². The van der Waals surface area contributed by atoms with Gasteiger partial charge in [0.1, 0.15) is 0 Å². The molecule has 0 aliphatic rings. The van der Waals surface area contributed by atoms with E-state index in [0.717, 1.165) is 22.4 Å². The number of nitrogen functional groups attached to an aromatic ring is 1. The van der Waals surface area contributed by atoms with Gasteiger partial charge in [-0.15, -0.1) is 21.5 Å². The van der Waals surface area contributed by atoms with Crippen LogP contribution in [-0.4, -0.2) is 32.2 Å². The number of thiophene rings is 1. The predicted octanol–water partition coefficient (Wildman–Crippen LogP) is 3.27. The Balaban J connectivity index is 1.55. The highest BCUT2D eigenvalue weighted by molar-refractivity contribution is 7.99. The molecule has 0 spiro atoms. The lowest BCUT2D eigenvalue weighted by molar-refractivity contribution is -0.113. The molecule has 0 fully saturated rings. The number of thioether (sulfide) groups is 1. The average molecular weight is 422 g/mol. The van der Waals surface area contributed by atoms with E-state index in [9.17, 15) is 4.79 Å². The van der Waals surface area contributed by atoms with Crippen LogP contribution in [0, 0.1) is 0 Å². The molecular formula is C16H16ClN7OS2. The number of hydrogen-bond acceptors (Lipinski definition) is 8. The molecule has 1 amide bonds. The van der Waals surface area contributed by atoms with Crippen molar-refractivity contribution in [3.8, 4) is 0 Å². The van der Waals surface area contributed by atoms with Crippen molar-refractivity contribution in [3.63, 3.8) is 0 Å². The molecule has 0 unspecified atom stereocenters. The van der Waals surface area contributed by atoms with Gasteiger partial charge in [0.05, 0.1) is 11.5 Å². The van der Waals surface area contributed by atoms with Crippen molar-refractivity contribution < 1.29 is 4.79 Å². The SMILES string of the molecule is C/C(=N\Nc1nnc(SCC(=O)Nc2cccc(Cl)c2)n1N)c1cccs1. The number of nitrogens with one attached hydrogen (secondary N) is 2. The van der Waals surface area contributed by atoms with Gasteiger partial charge < -0.3 is 11.2 Å². The maximum absolute atomic E-state index is 12.1. The van der Waals surface area contributed by atoms with Crippen molar-refractivity contribution in [1.29, 1.82) is 0 Å². The summed E-state index contributed by atoms with van der Waals surface area (Å²) in [5.41, 5.74) is 4.22. The van der Waals surface area contributed by atoms with Gasteiger partial charge in [-0.2, -0.15) is 5.10 Å². The largest absolute Gasteiger partial charge is 0.334 e. The zero-order valence-corrected chi connectivity index (χ0v) is 16.6. The molecule has 2 aromatic heterocycles. The van der Waals surface area contributed by atoms with Crippen molar-refractivity contribution in [2.75, 3.05) is 22.3 Å². The Kier molecular flexibility index (Phi) is 6.32. The number of hydrazone groups is 1. The molecule has 2 heterocycles. The van der Waals surface area contributed by atoms with Crippen LogP contribution in [0.2, 0.25) is 5.02 Å². The Morgan fingerprint density at radius 3 is 2.96 bits per heavy atom. The number of carbonyl (C=O) groups excluding carboxylic acids is 1.